The van der Waals surface area contributed by atoms with Crippen LogP contribution in [-0.4, -0.2) is 42.7 Å². The molecule has 4 nitrogen and oxygen atoms in total. The number of carbonyl (C=O) groups is 1. The molecule has 1 aromatic carbocycles. The molecule has 0 aromatic heterocycles. The highest BCUT2D eigenvalue weighted by atomic mass is 16.5. The quantitative estimate of drug-likeness (QED) is 0.909. The van der Waals surface area contributed by atoms with Crippen LogP contribution in [0.1, 0.15) is 28.8 Å². The molecule has 104 valence electrons. The van der Waals surface area contributed by atoms with Gasteiger partial charge < -0.3 is 14.7 Å². The van der Waals surface area contributed by atoms with Gasteiger partial charge in [0.15, 0.2) is 0 Å². The van der Waals surface area contributed by atoms with Gasteiger partial charge in [0.25, 0.3) is 5.91 Å². The number of phenolic OH excluding ortho intramolecular Hbond substituents is 1. The summed E-state index contributed by atoms with van der Waals surface area (Å²) in [7, 11) is 1.82. The number of hydrogen-bond donors (Lipinski definition) is 1. The predicted molar refractivity (Wildman–Crippen MR) is 73.3 cm³/mol. The summed E-state index contributed by atoms with van der Waals surface area (Å²) in [5, 5.41) is 9.38. The van der Waals surface area contributed by atoms with E-state index in [1.807, 2.05) is 14.0 Å². The number of benzene rings is 1. The minimum absolute atomic E-state index is 0.00285. The van der Waals surface area contributed by atoms with E-state index in [-0.39, 0.29) is 11.7 Å². The van der Waals surface area contributed by atoms with Crippen LogP contribution in [0.5, 0.6) is 5.75 Å². The van der Waals surface area contributed by atoms with Crippen molar-refractivity contribution in [1.82, 2.24) is 4.90 Å². The number of nitrogens with zero attached hydrogens (tertiary/aromatic N) is 1. The fourth-order valence-electron chi connectivity index (χ4n) is 2.52. The molecule has 2 rings (SSSR count). The van der Waals surface area contributed by atoms with E-state index in [0.717, 1.165) is 38.2 Å². The average Bonchev–Trinajstić information content (AvgIpc) is 2.39. The number of ether oxygens (including phenoxy) is 1. The zero-order valence-electron chi connectivity index (χ0n) is 11.6. The van der Waals surface area contributed by atoms with Gasteiger partial charge in [0, 0.05) is 25.8 Å². The van der Waals surface area contributed by atoms with Crippen molar-refractivity contribution < 1.29 is 14.6 Å². The number of hydrogen-bond acceptors (Lipinski definition) is 3. The number of rotatable bonds is 3. The van der Waals surface area contributed by atoms with Crippen molar-refractivity contribution in [3.8, 4) is 5.75 Å². The third kappa shape index (κ3) is 3.47. The Hall–Kier alpha value is -1.55. The van der Waals surface area contributed by atoms with Crippen molar-refractivity contribution in [3.63, 3.8) is 0 Å². The maximum atomic E-state index is 12.4. The minimum Gasteiger partial charge on any atom is -0.508 e. The third-order valence-electron chi connectivity index (χ3n) is 3.57. The van der Waals surface area contributed by atoms with E-state index in [4.69, 9.17) is 4.74 Å². The smallest absolute Gasteiger partial charge is 0.253 e. The standard InChI is InChI=1S/C15H21NO3/c1-11-8-13(17)5-6-14(11)15(18)16(2)9-12-4-3-7-19-10-12/h5-6,8,12,17H,3-4,7,9-10H2,1-2H3. The second-order valence-electron chi connectivity index (χ2n) is 5.27. The second kappa shape index (κ2) is 6.06. The summed E-state index contributed by atoms with van der Waals surface area (Å²) < 4.78 is 5.44. The maximum Gasteiger partial charge on any atom is 0.253 e. The highest BCUT2D eigenvalue weighted by molar-refractivity contribution is 5.95. The lowest BCUT2D eigenvalue weighted by Crippen LogP contribution is -2.35. The normalized spacial score (nSPS) is 19.2. The molecule has 1 aliphatic rings. The molecule has 0 bridgehead atoms. The molecule has 0 spiro atoms. The van der Waals surface area contributed by atoms with Crippen molar-refractivity contribution in [2.24, 2.45) is 5.92 Å². The molecule has 1 N–H and O–H groups in total. The van der Waals surface area contributed by atoms with E-state index in [9.17, 15) is 9.90 Å². The first kappa shape index (κ1) is 13.9. The van der Waals surface area contributed by atoms with Crippen LogP contribution in [0.15, 0.2) is 18.2 Å². The van der Waals surface area contributed by atoms with Crippen LogP contribution in [0.4, 0.5) is 0 Å². The molecule has 0 aliphatic carbocycles. The van der Waals surface area contributed by atoms with Gasteiger partial charge >= 0.3 is 0 Å². The van der Waals surface area contributed by atoms with Gasteiger partial charge in [-0.3, -0.25) is 4.79 Å². The molecule has 1 aliphatic heterocycles. The lowest BCUT2D eigenvalue weighted by atomic mass is 10.0. The Labute approximate surface area is 114 Å². The highest BCUT2D eigenvalue weighted by Crippen LogP contribution is 2.19. The number of aryl methyl sites for hydroxylation is 1. The largest absolute Gasteiger partial charge is 0.508 e. The van der Waals surface area contributed by atoms with E-state index in [1.54, 1.807) is 23.1 Å². The summed E-state index contributed by atoms with van der Waals surface area (Å²) in [5.74, 6) is 0.626. The van der Waals surface area contributed by atoms with Gasteiger partial charge in [0.1, 0.15) is 5.75 Å². The van der Waals surface area contributed by atoms with E-state index >= 15 is 0 Å². The average molecular weight is 263 g/mol. The van der Waals surface area contributed by atoms with Crippen molar-refractivity contribution in [3.05, 3.63) is 29.3 Å². The molecule has 1 fully saturated rings. The summed E-state index contributed by atoms with van der Waals surface area (Å²) in [5.41, 5.74) is 1.45. The molecule has 1 heterocycles. The predicted octanol–water partition coefficient (Wildman–Crippen LogP) is 2.20. The van der Waals surface area contributed by atoms with Crippen molar-refractivity contribution >= 4 is 5.91 Å². The molecule has 1 saturated heterocycles. The monoisotopic (exact) mass is 263 g/mol. The van der Waals surface area contributed by atoms with Gasteiger partial charge in [-0.25, -0.2) is 0 Å². The first-order valence-electron chi connectivity index (χ1n) is 6.70. The zero-order valence-corrected chi connectivity index (χ0v) is 11.6. The van der Waals surface area contributed by atoms with Crippen LogP contribution >= 0.6 is 0 Å². The molecule has 0 saturated carbocycles. The number of carbonyl (C=O) groups excluding carboxylic acids is 1. The van der Waals surface area contributed by atoms with E-state index in [1.165, 1.54) is 0 Å². The third-order valence-corrected chi connectivity index (χ3v) is 3.57. The Balaban J connectivity index is 2.01. The first-order chi connectivity index (χ1) is 9.08. The Bertz CT molecular complexity index is 453. The van der Waals surface area contributed by atoms with Gasteiger partial charge in [0.05, 0.1) is 6.61 Å². The van der Waals surface area contributed by atoms with Crippen LogP contribution in [0.2, 0.25) is 0 Å². The van der Waals surface area contributed by atoms with Gasteiger partial charge in [-0.2, -0.15) is 0 Å². The lowest BCUT2D eigenvalue weighted by Gasteiger charge is -2.27. The van der Waals surface area contributed by atoms with Gasteiger partial charge in [-0.1, -0.05) is 0 Å². The molecule has 4 heteroatoms. The summed E-state index contributed by atoms with van der Waals surface area (Å²) in [6.07, 6.45) is 2.19. The molecule has 1 unspecified atom stereocenters. The van der Waals surface area contributed by atoms with Crippen LogP contribution in [0.25, 0.3) is 0 Å². The van der Waals surface area contributed by atoms with Crippen molar-refractivity contribution in [1.29, 1.82) is 0 Å². The van der Waals surface area contributed by atoms with Crippen LogP contribution in [-0.2, 0) is 4.74 Å². The maximum absolute atomic E-state index is 12.4. The SMILES string of the molecule is Cc1cc(O)ccc1C(=O)N(C)CC1CCCOC1. The van der Waals surface area contributed by atoms with Crippen LogP contribution in [0, 0.1) is 12.8 Å². The summed E-state index contributed by atoms with van der Waals surface area (Å²) >= 11 is 0. The van der Waals surface area contributed by atoms with Crippen molar-refractivity contribution in [2.75, 3.05) is 26.8 Å². The molecule has 1 amide bonds. The van der Waals surface area contributed by atoms with Gasteiger partial charge in [-0.15, -0.1) is 0 Å². The van der Waals surface area contributed by atoms with Crippen LogP contribution in [0.3, 0.4) is 0 Å². The highest BCUT2D eigenvalue weighted by Gasteiger charge is 2.20. The number of aromatic hydroxyl groups is 1. The summed E-state index contributed by atoms with van der Waals surface area (Å²) in [4.78, 5) is 14.1. The lowest BCUT2D eigenvalue weighted by molar-refractivity contribution is 0.0388. The molecule has 19 heavy (non-hydrogen) atoms. The minimum atomic E-state index is 0.00285. The molecule has 0 radical (unpaired) electrons. The first-order valence-corrected chi connectivity index (χ1v) is 6.70. The molecular formula is C15H21NO3. The van der Waals surface area contributed by atoms with Crippen molar-refractivity contribution in [2.45, 2.75) is 19.8 Å². The Morgan fingerprint density at radius 3 is 2.95 bits per heavy atom. The molecule has 1 atom stereocenters. The second-order valence-corrected chi connectivity index (χ2v) is 5.27. The van der Waals surface area contributed by atoms with E-state index < -0.39 is 0 Å². The summed E-state index contributed by atoms with van der Waals surface area (Å²) in [6, 6.07) is 4.85. The van der Waals surface area contributed by atoms with Gasteiger partial charge in [-0.05, 0) is 49.4 Å². The van der Waals surface area contributed by atoms with E-state index in [2.05, 4.69) is 0 Å². The fraction of sp³-hybridized carbons (Fsp3) is 0.533. The van der Waals surface area contributed by atoms with E-state index in [0.29, 0.717) is 11.5 Å². The van der Waals surface area contributed by atoms with Gasteiger partial charge in [0.2, 0.25) is 0 Å². The Morgan fingerprint density at radius 1 is 1.53 bits per heavy atom. The van der Waals surface area contributed by atoms with Crippen LogP contribution < -0.4 is 0 Å². The number of phenols is 1. The Morgan fingerprint density at radius 2 is 2.32 bits per heavy atom. The summed E-state index contributed by atoms with van der Waals surface area (Å²) in [6.45, 7) is 4.14. The molecular weight excluding hydrogens is 242 g/mol. The fourth-order valence-corrected chi connectivity index (χ4v) is 2.52. The number of amides is 1. The zero-order chi connectivity index (χ0) is 13.8. The topological polar surface area (TPSA) is 49.8 Å². The Kier molecular flexibility index (Phi) is 4.43. The molecule has 1 aromatic rings.